The van der Waals surface area contributed by atoms with Gasteiger partial charge in [0.2, 0.25) is 5.91 Å². The number of halogens is 3. The molecular formula is C20H15F3N4O3. The van der Waals surface area contributed by atoms with E-state index < -0.39 is 23.6 Å². The highest BCUT2D eigenvalue weighted by atomic mass is 19.4. The molecule has 1 amide bonds. The maximum absolute atomic E-state index is 12.7. The molecule has 0 unspecified atom stereocenters. The average Bonchev–Trinajstić information content (AvgIpc) is 3.01. The number of hydrogen-bond acceptors (Lipinski definition) is 4. The number of carbonyl (C=O) groups excluding carboxylic acids is 1. The molecule has 30 heavy (non-hydrogen) atoms. The van der Waals surface area contributed by atoms with Crippen LogP contribution in [0.5, 0.6) is 5.75 Å². The normalized spacial score (nSPS) is 11.7. The fraction of sp³-hybridized carbons (Fsp3) is 0.150. The zero-order valence-electron chi connectivity index (χ0n) is 15.6. The topological polar surface area (TPSA) is 89.0 Å². The van der Waals surface area contributed by atoms with Crippen LogP contribution in [0, 0.1) is 6.92 Å². The SMILES string of the molecule is Cc1ccc2[nH]c3c(=O)n(CC(=O)Nc4cccc(OC(F)(F)F)c4)cnc3c2c1. The van der Waals surface area contributed by atoms with E-state index in [1.165, 1.54) is 18.5 Å². The van der Waals surface area contributed by atoms with Gasteiger partial charge in [-0.05, 0) is 31.2 Å². The first-order chi connectivity index (χ1) is 14.2. The van der Waals surface area contributed by atoms with Gasteiger partial charge < -0.3 is 15.0 Å². The number of benzene rings is 2. The fourth-order valence-corrected chi connectivity index (χ4v) is 3.14. The Labute approximate surface area is 167 Å². The Hall–Kier alpha value is -3.82. The minimum absolute atomic E-state index is 0.102. The molecule has 7 nitrogen and oxygen atoms in total. The quantitative estimate of drug-likeness (QED) is 0.531. The highest BCUT2D eigenvalue weighted by Crippen LogP contribution is 2.25. The Bertz CT molecular complexity index is 1320. The summed E-state index contributed by atoms with van der Waals surface area (Å²) in [5.41, 5.74) is 2.22. The van der Waals surface area contributed by atoms with Crippen molar-refractivity contribution in [1.82, 2.24) is 14.5 Å². The number of nitrogens with zero attached hydrogens (tertiary/aromatic N) is 2. The van der Waals surface area contributed by atoms with Crippen LogP contribution in [0.15, 0.2) is 53.6 Å². The number of alkyl halides is 3. The van der Waals surface area contributed by atoms with Crippen LogP contribution in [0.3, 0.4) is 0 Å². The van der Waals surface area contributed by atoms with Crippen molar-refractivity contribution in [3.8, 4) is 5.75 Å². The van der Waals surface area contributed by atoms with Gasteiger partial charge in [0.25, 0.3) is 5.56 Å². The predicted octanol–water partition coefficient (Wildman–Crippen LogP) is 3.72. The molecule has 0 aliphatic carbocycles. The number of ether oxygens (including phenoxy) is 1. The maximum Gasteiger partial charge on any atom is 0.573 e. The summed E-state index contributed by atoms with van der Waals surface area (Å²) >= 11 is 0. The number of aromatic amines is 1. The molecule has 0 aliphatic heterocycles. The van der Waals surface area contributed by atoms with E-state index >= 15 is 0 Å². The molecular weight excluding hydrogens is 401 g/mol. The largest absolute Gasteiger partial charge is 0.573 e. The molecule has 0 saturated carbocycles. The van der Waals surface area contributed by atoms with Crippen LogP contribution in [-0.2, 0) is 11.3 Å². The third-order valence-corrected chi connectivity index (χ3v) is 4.39. The Morgan fingerprint density at radius 2 is 2.03 bits per heavy atom. The molecule has 2 heterocycles. The van der Waals surface area contributed by atoms with Crippen LogP contribution in [0.1, 0.15) is 5.56 Å². The fourth-order valence-electron chi connectivity index (χ4n) is 3.14. The summed E-state index contributed by atoms with van der Waals surface area (Å²) in [6.07, 6.45) is -3.57. The zero-order chi connectivity index (χ0) is 21.5. The number of carbonyl (C=O) groups is 1. The standard InChI is InChI=1S/C20H15F3N4O3/c1-11-5-6-15-14(7-11)17-18(26-15)19(29)27(10-24-17)9-16(28)25-12-3-2-4-13(8-12)30-20(21,22)23/h2-8,10,26H,9H2,1H3,(H,25,28). The van der Waals surface area contributed by atoms with Crippen molar-refractivity contribution in [2.24, 2.45) is 0 Å². The van der Waals surface area contributed by atoms with E-state index in [-0.39, 0.29) is 17.7 Å². The number of fused-ring (bicyclic) bond motifs is 3. The second-order valence-electron chi connectivity index (χ2n) is 6.70. The second kappa shape index (κ2) is 7.21. The van der Waals surface area contributed by atoms with E-state index in [1.807, 2.05) is 25.1 Å². The average molecular weight is 416 g/mol. The van der Waals surface area contributed by atoms with Crippen LogP contribution in [0.25, 0.3) is 21.9 Å². The molecule has 4 rings (SSSR count). The molecule has 0 radical (unpaired) electrons. The summed E-state index contributed by atoms with van der Waals surface area (Å²) in [5, 5.41) is 3.25. The summed E-state index contributed by atoms with van der Waals surface area (Å²) in [7, 11) is 0. The first-order valence-electron chi connectivity index (χ1n) is 8.83. The number of H-pyrrole nitrogens is 1. The van der Waals surface area contributed by atoms with Gasteiger partial charge in [-0.1, -0.05) is 17.7 Å². The lowest BCUT2D eigenvalue weighted by atomic mass is 10.2. The molecule has 0 saturated heterocycles. The van der Waals surface area contributed by atoms with E-state index in [0.717, 1.165) is 33.2 Å². The predicted molar refractivity (Wildman–Crippen MR) is 104 cm³/mol. The summed E-state index contributed by atoms with van der Waals surface area (Å²) in [6.45, 7) is 1.57. The van der Waals surface area contributed by atoms with E-state index in [2.05, 4.69) is 20.0 Å². The number of nitrogens with one attached hydrogen (secondary N) is 2. The van der Waals surface area contributed by atoms with Crippen molar-refractivity contribution in [3.63, 3.8) is 0 Å². The summed E-state index contributed by atoms with van der Waals surface area (Å²) in [4.78, 5) is 32.4. The smallest absolute Gasteiger partial charge is 0.406 e. The molecule has 0 fully saturated rings. The van der Waals surface area contributed by atoms with Gasteiger partial charge in [-0.25, -0.2) is 4.98 Å². The molecule has 154 valence electrons. The molecule has 0 atom stereocenters. The molecule has 0 spiro atoms. The number of aromatic nitrogens is 3. The molecule has 4 aromatic rings. The number of hydrogen-bond donors (Lipinski definition) is 2. The Balaban J connectivity index is 1.56. The van der Waals surface area contributed by atoms with Crippen molar-refractivity contribution in [3.05, 3.63) is 64.7 Å². The van der Waals surface area contributed by atoms with Gasteiger partial charge in [0, 0.05) is 22.7 Å². The van der Waals surface area contributed by atoms with Gasteiger partial charge in [0.15, 0.2) is 0 Å². The second-order valence-corrected chi connectivity index (χ2v) is 6.70. The van der Waals surface area contributed by atoms with Crippen molar-refractivity contribution < 1.29 is 22.7 Å². The van der Waals surface area contributed by atoms with E-state index in [4.69, 9.17) is 0 Å². The summed E-state index contributed by atoms with van der Waals surface area (Å²) in [5.74, 6) is -1.07. The van der Waals surface area contributed by atoms with Crippen LogP contribution >= 0.6 is 0 Å². The monoisotopic (exact) mass is 416 g/mol. The van der Waals surface area contributed by atoms with Crippen molar-refractivity contribution in [1.29, 1.82) is 0 Å². The van der Waals surface area contributed by atoms with E-state index in [9.17, 15) is 22.8 Å². The van der Waals surface area contributed by atoms with Crippen molar-refractivity contribution in [2.45, 2.75) is 19.8 Å². The number of rotatable bonds is 4. The summed E-state index contributed by atoms with van der Waals surface area (Å²) < 4.78 is 42.0. The van der Waals surface area contributed by atoms with Crippen LogP contribution in [0.4, 0.5) is 18.9 Å². The Kier molecular flexibility index (Phi) is 4.69. The van der Waals surface area contributed by atoms with Crippen LogP contribution in [0.2, 0.25) is 0 Å². The zero-order valence-corrected chi connectivity index (χ0v) is 15.6. The minimum Gasteiger partial charge on any atom is -0.406 e. The van der Waals surface area contributed by atoms with Crippen LogP contribution < -0.4 is 15.6 Å². The lowest BCUT2D eigenvalue weighted by Crippen LogP contribution is -2.28. The highest BCUT2D eigenvalue weighted by molar-refractivity contribution is 6.04. The van der Waals surface area contributed by atoms with Gasteiger partial charge in [-0.15, -0.1) is 13.2 Å². The minimum atomic E-state index is -4.84. The molecule has 0 bridgehead atoms. The molecule has 2 aromatic carbocycles. The van der Waals surface area contributed by atoms with Gasteiger partial charge in [0.1, 0.15) is 23.3 Å². The number of amides is 1. The molecule has 2 N–H and O–H groups in total. The van der Waals surface area contributed by atoms with Crippen molar-refractivity contribution >= 4 is 33.5 Å². The van der Waals surface area contributed by atoms with Gasteiger partial charge in [0.05, 0.1) is 6.33 Å². The van der Waals surface area contributed by atoms with E-state index in [1.54, 1.807) is 0 Å². The van der Waals surface area contributed by atoms with Crippen LogP contribution in [-0.4, -0.2) is 26.8 Å². The maximum atomic E-state index is 12.7. The van der Waals surface area contributed by atoms with E-state index in [0.29, 0.717) is 5.52 Å². The van der Waals surface area contributed by atoms with Gasteiger partial charge in [-0.3, -0.25) is 14.2 Å². The molecule has 0 aliphatic rings. The van der Waals surface area contributed by atoms with Gasteiger partial charge in [-0.2, -0.15) is 0 Å². The Morgan fingerprint density at radius 3 is 2.80 bits per heavy atom. The number of anilines is 1. The highest BCUT2D eigenvalue weighted by Gasteiger charge is 2.31. The third kappa shape index (κ3) is 3.97. The molecule has 10 heteroatoms. The third-order valence-electron chi connectivity index (χ3n) is 4.39. The first-order valence-corrected chi connectivity index (χ1v) is 8.83. The number of aryl methyl sites for hydroxylation is 1. The Morgan fingerprint density at radius 1 is 1.23 bits per heavy atom. The van der Waals surface area contributed by atoms with Gasteiger partial charge >= 0.3 is 6.36 Å². The molecule has 2 aromatic heterocycles. The summed E-state index contributed by atoms with van der Waals surface area (Å²) in [6, 6.07) is 10.5. The van der Waals surface area contributed by atoms with Crippen molar-refractivity contribution in [2.75, 3.05) is 5.32 Å². The first kappa shape index (κ1) is 19.5. The lowest BCUT2D eigenvalue weighted by Gasteiger charge is -2.11. The lowest BCUT2D eigenvalue weighted by molar-refractivity contribution is -0.274.